The van der Waals surface area contributed by atoms with Crippen molar-refractivity contribution in [2.45, 2.75) is 13.5 Å². The first-order valence-corrected chi connectivity index (χ1v) is 5.24. The third kappa shape index (κ3) is 2.19. The number of aromatic nitrogens is 2. The number of nitrogens with one attached hydrogen (secondary N) is 2. The first-order chi connectivity index (χ1) is 8.11. The molecule has 0 unspecified atom stereocenters. The van der Waals surface area contributed by atoms with Crippen molar-refractivity contribution in [3.63, 3.8) is 0 Å². The minimum Gasteiger partial charge on any atom is -0.329 e. The molecule has 0 aliphatic rings. The molecule has 0 radical (unpaired) electrons. The molecule has 0 saturated carbocycles. The largest absolute Gasteiger partial charge is 0.329 e. The number of aromatic amines is 2. The average molecular weight is 231 g/mol. The van der Waals surface area contributed by atoms with Crippen molar-refractivity contribution in [2.24, 2.45) is 5.73 Å². The van der Waals surface area contributed by atoms with E-state index in [1.54, 1.807) is 19.2 Å². The molecule has 0 atom stereocenters. The first-order valence-electron chi connectivity index (χ1n) is 5.24. The summed E-state index contributed by atoms with van der Waals surface area (Å²) >= 11 is 0. The maximum atomic E-state index is 11.7. The molecule has 0 saturated heterocycles. The molecule has 0 amide bonds. The Labute approximate surface area is 97.3 Å². The summed E-state index contributed by atoms with van der Waals surface area (Å²) < 4.78 is 0. The second-order valence-corrected chi connectivity index (χ2v) is 3.82. The van der Waals surface area contributed by atoms with Gasteiger partial charge in [-0.25, -0.2) is 0 Å². The van der Waals surface area contributed by atoms with E-state index in [9.17, 15) is 9.59 Å². The molecule has 0 spiro atoms. The Kier molecular flexibility index (Phi) is 2.93. The fraction of sp³-hybridized carbons (Fsp3) is 0.167. The third-order valence-corrected chi connectivity index (χ3v) is 2.56. The van der Waals surface area contributed by atoms with Gasteiger partial charge in [0, 0.05) is 30.1 Å². The van der Waals surface area contributed by atoms with Crippen LogP contribution >= 0.6 is 0 Å². The summed E-state index contributed by atoms with van der Waals surface area (Å²) in [5.74, 6) is 0. The summed E-state index contributed by atoms with van der Waals surface area (Å²) in [6.07, 6.45) is 1.55. The molecule has 2 rings (SSSR count). The smallest absolute Gasteiger partial charge is 0.253 e. The lowest BCUT2D eigenvalue weighted by Crippen LogP contribution is -2.18. The summed E-state index contributed by atoms with van der Waals surface area (Å²) in [6, 6.07) is 5.01. The van der Waals surface area contributed by atoms with E-state index in [2.05, 4.69) is 9.97 Å². The van der Waals surface area contributed by atoms with E-state index < -0.39 is 0 Å². The lowest BCUT2D eigenvalue weighted by molar-refractivity contribution is 1.000. The van der Waals surface area contributed by atoms with Gasteiger partial charge in [0.15, 0.2) is 0 Å². The monoisotopic (exact) mass is 231 g/mol. The van der Waals surface area contributed by atoms with Crippen LogP contribution in [0.2, 0.25) is 0 Å². The fourth-order valence-electron chi connectivity index (χ4n) is 1.79. The van der Waals surface area contributed by atoms with Crippen molar-refractivity contribution < 1.29 is 0 Å². The van der Waals surface area contributed by atoms with Crippen molar-refractivity contribution in [3.05, 3.63) is 56.4 Å². The molecule has 17 heavy (non-hydrogen) atoms. The lowest BCUT2D eigenvalue weighted by atomic mass is 10.0. The zero-order valence-corrected chi connectivity index (χ0v) is 9.41. The van der Waals surface area contributed by atoms with E-state index in [0.717, 1.165) is 5.69 Å². The molecule has 0 fully saturated rings. The van der Waals surface area contributed by atoms with E-state index in [1.165, 1.54) is 6.07 Å². The predicted octanol–water partition coefficient (Wildman–Crippen LogP) is 0.497. The van der Waals surface area contributed by atoms with Gasteiger partial charge in [0.25, 0.3) is 5.56 Å². The quantitative estimate of drug-likeness (QED) is 0.702. The Morgan fingerprint density at radius 3 is 2.71 bits per heavy atom. The van der Waals surface area contributed by atoms with Gasteiger partial charge in [-0.05, 0) is 30.2 Å². The number of pyridine rings is 2. The fourth-order valence-corrected chi connectivity index (χ4v) is 1.79. The van der Waals surface area contributed by atoms with Gasteiger partial charge in [0.2, 0.25) is 5.56 Å². The van der Waals surface area contributed by atoms with Crippen LogP contribution in [0.1, 0.15) is 11.3 Å². The normalized spacial score (nSPS) is 10.5. The SMILES string of the molecule is Cc1cc(-c2cc[nH]c(=O)c2)c(CN)c(=O)[nH]1. The van der Waals surface area contributed by atoms with Gasteiger partial charge < -0.3 is 15.7 Å². The van der Waals surface area contributed by atoms with Gasteiger partial charge in [0.05, 0.1) is 0 Å². The number of nitrogens with two attached hydrogens (primary N) is 1. The highest BCUT2D eigenvalue weighted by Gasteiger charge is 2.09. The molecular weight excluding hydrogens is 218 g/mol. The zero-order chi connectivity index (χ0) is 12.4. The second kappa shape index (κ2) is 4.39. The number of aryl methyl sites for hydroxylation is 1. The van der Waals surface area contributed by atoms with Gasteiger partial charge in [-0.1, -0.05) is 0 Å². The van der Waals surface area contributed by atoms with Gasteiger partial charge in [-0.15, -0.1) is 0 Å². The average Bonchev–Trinajstić information content (AvgIpc) is 2.28. The van der Waals surface area contributed by atoms with E-state index in [0.29, 0.717) is 16.7 Å². The molecule has 0 aromatic carbocycles. The molecule has 0 bridgehead atoms. The molecule has 2 heterocycles. The molecule has 5 heteroatoms. The highest BCUT2D eigenvalue weighted by atomic mass is 16.1. The van der Waals surface area contributed by atoms with Crippen molar-refractivity contribution in [1.29, 1.82) is 0 Å². The number of hydrogen-bond donors (Lipinski definition) is 3. The van der Waals surface area contributed by atoms with Crippen LogP contribution in [0.5, 0.6) is 0 Å². The zero-order valence-electron chi connectivity index (χ0n) is 9.41. The number of H-pyrrole nitrogens is 2. The summed E-state index contributed by atoms with van der Waals surface area (Å²) in [4.78, 5) is 28.2. The van der Waals surface area contributed by atoms with Crippen LogP contribution in [0.4, 0.5) is 0 Å². The Balaban J connectivity index is 2.74. The minimum absolute atomic E-state index is 0.137. The molecule has 4 N–H and O–H groups in total. The number of hydrogen-bond acceptors (Lipinski definition) is 3. The highest BCUT2D eigenvalue weighted by molar-refractivity contribution is 5.66. The van der Waals surface area contributed by atoms with Gasteiger partial charge in [0.1, 0.15) is 0 Å². The van der Waals surface area contributed by atoms with Gasteiger partial charge in [-0.3, -0.25) is 9.59 Å². The highest BCUT2D eigenvalue weighted by Crippen LogP contribution is 2.19. The van der Waals surface area contributed by atoms with Crippen LogP contribution in [0.3, 0.4) is 0 Å². The summed E-state index contributed by atoms with van der Waals surface area (Å²) in [7, 11) is 0. The lowest BCUT2D eigenvalue weighted by Gasteiger charge is -2.07. The Morgan fingerprint density at radius 1 is 1.29 bits per heavy atom. The summed E-state index contributed by atoms with van der Waals surface area (Å²) in [5, 5.41) is 0. The van der Waals surface area contributed by atoms with Crippen LogP contribution in [0, 0.1) is 6.92 Å². The van der Waals surface area contributed by atoms with Crippen molar-refractivity contribution in [1.82, 2.24) is 9.97 Å². The van der Waals surface area contributed by atoms with Crippen molar-refractivity contribution >= 4 is 0 Å². The number of rotatable bonds is 2. The van der Waals surface area contributed by atoms with E-state index in [-0.39, 0.29) is 17.7 Å². The molecule has 2 aromatic rings. The molecule has 88 valence electrons. The van der Waals surface area contributed by atoms with Crippen molar-refractivity contribution in [3.8, 4) is 11.1 Å². The van der Waals surface area contributed by atoms with E-state index in [4.69, 9.17) is 5.73 Å². The third-order valence-electron chi connectivity index (χ3n) is 2.56. The van der Waals surface area contributed by atoms with Crippen LogP contribution in [0.15, 0.2) is 34.0 Å². The first kappa shape index (κ1) is 11.3. The Morgan fingerprint density at radius 2 is 2.06 bits per heavy atom. The van der Waals surface area contributed by atoms with Crippen LogP contribution in [-0.4, -0.2) is 9.97 Å². The molecule has 5 nitrogen and oxygen atoms in total. The van der Waals surface area contributed by atoms with Crippen LogP contribution in [0.25, 0.3) is 11.1 Å². The van der Waals surface area contributed by atoms with E-state index in [1.807, 2.05) is 6.07 Å². The second-order valence-electron chi connectivity index (χ2n) is 3.82. The maximum Gasteiger partial charge on any atom is 0.253 e. The summed E-state index contributed by atoms with van der Waals surface area (Å²) in [5.41, 5.74) is 7.79. The van der Waals surface area contributed by atoms with Crippen LogP contribution < -0.4 is 16.9 Å². The van der Waals surface area contributed by atoms with E-state index >= 15 is 0 Å². The maximum absolute atomic E-state index is 11.7. The molecular formula is C12H13N3O2. The van der Waals surface area contributed by atoms with Crippen LogP contribution in [-0.2, 0) is 6.54 Å². The van der Waals surface area contributed by atoms with Gasteiger partial charge in [-0.2, -0.15) is 0 Å². The molecule has 0 aliphatic carbocycles. The van der Waals surface area contributed by atoms with Gasteiger partial charge >= 0.3 is 0 Å². The predicted molar refractivity (Wildman–Crippen MR) is 65.7 cm³/mol. The molecule has 2 aromatic heterocycles. The minimum atomic E-state index is -0.206. The Hall–Kier alpha value is -2.14. The Bertz CT molecular complexity index is 655. The standard InChI is InChI=1S/C12H13N3O2/c1-7-4-9(10(6-13)12(17)15-7)8-2-3-14-11(16)5-8/h2-5H,6,13H2,1H3,(H,14,16)(H,15,17). The van der Waals surface area contributed by atoms with Crippen molar-refractivity contribution in [2.75, 3.05) is 0 Å². The topological polar surface area (TPSA) is 91.7 Å². The summed E-state index contributed by atoms with van der Waals surface area (Å²) in [6.45, 7) is 1.93. The molecule has 0 aliphatic heterocycles.